The zero-order chi connectivity index (χ0) is 22.1. The number of hydrogen-bond acceptors (Lipinski definition) is 8. The monoisotopic (exact) mass is 447 g/mol. The van der Waals surface area contributed by atoms with Crippen LogP contribution in [-0.4, -0.2) is 52.2 Å². The maximum Gasteiger partial charge on any atom is 0.195 e. The molecule has 0 spiro atoms. The Bertz CT molecular complexity index is 1460. The van der Waals surface area contributed by atoms with Crippen LogP contribution in [0.5, 0.6) is 5.75 Å². The first-order chi connectivity index (χ1) is 15.7. The molecule has 0 bridgehead atoms. The SMILES string of the molecule is CNc1c(-c2cn3c(n2)sc2cc(OCCOCCN)ccc23)nc2cc(C#N)ccn12. The Labute approximate surface area is 187 Å². The molecule has 0 aliphatic heterocycles. The summed E-state index contributed by atoms with van der Waals surface area (Å²) in [5.41, 5.74) is 9.23. The second kappa shape index (κ2) is 8.47. The summed E-state index contributed by atoms with van der Waals surface area (Å²) < 4.78 is 16.2. The van der Waals surface area contributed by atoms with Gasteiger partial charge in [-0.15, -0.1) is 0 Å². The van der Waals surface area contributed by atoms with Gasteiger partial charge in [0.15, 0.2) is 4.96 Å². The summed E-state index contributed by atoms with van der Waals surface area (Å²) in [6.07, 6.45) is 3.83. The number of anilines is 1. The molecule has 0 fully saturated rings. The summed E-state index contributed by atoms with van der Waals surface area (Å²) in [5, 5.41) is 12.4. The van der Waals surface area contributed by atoms with Crippen LogP contribution in [0.2, 0.25) is 0 Å². The molecule has 32 heavy (non-hydrogen) atoms. The van der Waals surface area contributed by atoms with Gasteiger partial charge in [-0.3, -0.25) is 8.80 Å². The van der Waals surface area contributed by atoms with Gasteiger partial charge in [-0.25, -0.2) is 9.97 Å². The maximum atomic E-state index is 9.18. The number of hydrogen-bond donors (Lipinski definition) is 2. The van der Waals surface area contributed by atoms with Gasteiger partial charge in [0, 0.05) is 26.0 Å². The Morgan fingerprint density at radius 1 is 1.16 bits per heavy atom. The maximum absolute atomic E-state index is 9.18. The van der Waals surface area contributed by atoms with Crippen LogP contribution in [-0.2, 0) is 4.74 Å². The Hall–Kier alpha value is -3.65. The fourth-order valence-electron chi connectivity index (χ4n) is 3.62. The highest BCUT2D eigenvalue weighted by Gasteiger charge is 2.18. The Kier molecular flexibility index (Phi) is 5.36. The van der Waals surface area contributed by atoms with E-state index in [0.29, 0.717) is 37.6 Å². The number of pyridine rings is 1. The van der Waals surface area contributed by atoms with E-state index in [4.69, 9.17) is 25.2 Å². The first-order valence-electron chi connectivity index (χ1n) is 10.1. The third kappa shape index (κ3) is 3.52. The molecule has 0 aliphatic carbocycles. The van der Waals surface area contributed by atoms with E-state index in [-0.39, 0.29) is 0 Å². The molecule has 10 heteroatoms. The first-order valence-corrected chi connectivity index (χ1v) is 11.0. The summed E-state index contributed by atoms with van der Waals surface area (Å²) in [6, 6.07) is 11.7. The molecule has 162 valence electrons. The lowest BCUT2D eigenvalue weighted by Gasteiger charge is -2.06. The number of thiazole rings is 1. The molecule has 0 amide bonds. The fraction of sp³-hybridized carbons (Fsp3) is 0.227. The predicted molar refractivity (Wildman–Crippen MR) is 124 cm³/mol. The number of aromatic nitrogens is 4. The van der Waals surface area contributed by atoms with Gasteiger partial charge in [-0.05, 0) is 30.3 Å². The smallest absolute Gasteiger partial charge is 0.195 e. The van der Waals surface area contributed by atoms with Gasteiger partial charge >= 0.3 is 0 Å². The van der Waals surface area contributed by atoms with Crippen molar-refractivity contribution in [1.82, 2.24) is 18.8 Å². The second-order valence-corrected chi connectivity index (χ2v) is 8.08. The molecular weight excluding hydrogens is 426 g/mol. The summed E-state index contributed by atoms with van der Waals surface area (Å²) in [6.45, 7) is 2.03. The van der Waals surface area contributed by atoms with Crippen molar-refractivity contribution in [2.75, 3.05) is 38.7 Å². The molecule has 0 saturated heterocycles. The average Bonchev–Trinajstić information content (AvgIpc) is 3.48. The van der Waals surface area contributed by atoms with Crippen LogP contribution < -0.4 is 15.8 Å². The van der Waals surface area contributed by atoms with Gasteiger partial charge in [-0.2, -0.15) is 5.26 Å². The minimum absolute atomic E-state index is 0.479. The van der Waals surface area contributed by atoms with Crippen LogP contribution in [0.4, 0.5) is 5.82 Å². The number of imidazole rings is 2. The van der Waals surface area contributed by atoms with E-state index in [1.165, 1.54) is 0 Å². The van der Waals surface area contributed by atoms with Crippen LogP contribution in [0.3, 0.4) is 0 Å². The molecule has 4 aromatic heterocycles. The van der Waals surface area contributed by atoms with Crippen molar-refractivity contribution in [1.29, 1.82) is 5.26 Å². The predicted octanol–water partition coefficient (Wildman–Crippen LogP) is 3.13. The van der Waals surface area contributed by atoms with Crippen LogP contribution in [0.25, 0.3) is 32.2 Å². The highest BCUT2D eigenvalue weighted by molar-refractivity contribution is 7.23. The molecular formula is C22H21N7O2S. The van der Waals surface area contributed by atoms with E-state index in [1.807, 2.05) is 42.0 Å². The molecule has 0 atom stereocenters. The third-order valence-electron chi connectivity index (χ3n) is 5.06. The Balaban J connectivity index is 1.47. The van der Waals surface area contributed by atoms with Crippen LogP contribution in [0.15, 0.2) is 42.7 Å². The van der Waals surface area contributed by atoms with E-state index in [9.17, 15) is 5.26 Å². The highest BCUT2D eigenvalue weighted by Crippen LogP contribution is 2.34. The second-order valence-electron chi connectivity index (χ2n) is 7.07. The molecule has 5 rings (SSSR count). The standard InChI is InChI=1S/C22H21N7O2S/c1-25-21-20(27-19-10-14(12-24)4-6-28(19)21)16-13-29-17-3-2-15(31-9-8-30-7-5-23)11-18(17)32-22(29)26-16/h2-4,6,10-11,13,25H,5,7-9,23H2,1H3. The number of nitrogens with zero attached hydrogens (tertiary/aromatic N) is 5. The highest BCUT2D eigenvalue weighted by atomic mass is 32.1. The van der Waals surface area contributed by atoms with Crippen LogP contribution in [0, 0.1) is 11.3 Å². The molecule has 3 N–H and O–H groups in total. The molecule has 1 aromatic carbocycles. The van der Waals surface area contributed by atoms with Crippen molar-refractivity contribution in [3.05, 3.63) is 48.3 Å². The molecule has 0 saturated carbocycles. The Morgan fingerprint density at radius 2 is 2.06 bits per heavy atom. The first kappa shape index (κ1) is 20.3. The molecule has 0 unspecified atom stereocenters. The number of ether oxygens (including phenoxy) is 2. The molecule has 4 heterocycles. The zero-order valence-electron chi connectivity index (χ0n) is 17.4. The van der Waals surface area contributed by atoms with E-state index in [0.717, 1.165) is 38.1 Å². The van der Waals surface area contributed by atoms with Crippen molar-refractivity contribution in [2.24, 2.45) is 5.73 Å². The van der Waals surface area contributed by atoms with Gasteiger partial charge in [0.05, 0.1) is 35.1 Å². The Morgan fingerprint density at radius 3 is 2.88 bits per heavy atom. The van der Waals surface area contributed by atoms with Crippen molar-refractivity contribution in [2.45, 2.75) is 0 Å². The lowest BCUT2D eigenvalue weighted by atomic mass is 10.3. The number of nitrogens with one attached hydrogen (secondary N) is 1. The summed E-state index contributed by atoms with van der Waals surface area (Å²) in [5.74, 6) is 1.62. The fourth-order valence-corrected chi connectivity index (χ4v) is 4.66. The van der Waals surface area contributed by atoms with E-state index in [1.54, 1.807) is 23.5 Å². The number of nitriles is 1. The van der Waals surface area contributed by atoms with Gasteiger partial charge in [0.1, 0.15) is 35.2 Å². The molecule has 5 aromatic rings. The van der Waals surface area contributed by atoms with Crippen molar-refractivity contribution >= 4 is 38.0 Å². The number of rotatable bonds is 8. The van der Waals surface area contributed by atoms with Crippen molar-refractivity contribution in [3.8, 4) is 23.2 Å². The van der Waals surface area contributed by atoms with Crippen molar-refractivity contribution in [3.63, 3.8) is 0 Å². The summed E-state index contributed by atoms with van der Waals surface area (Å²) >= 11 is 1.59. The van der Waals surface area contributed by atoms with E-state index in [2.05, 4.69) is 15.8 Å². The number of fused-ring (bicyclic) bond motifs is 4. The zero-order valence-corrected chi connectivity index (χ0v) is 18.2. The lowest BCUT2D eigenvalue weighted by molar-refractivity contribution is 0.106. The van der Waals surface area contributed by atoms with Gasteiger partial charge < -0.3 is 20.5 Å². The van der Waals surface area contributed by atoms with Crippen LogP contribution >= 0.6 is 11.3 Å². The minimum Gasteiger partial charge on any atom is -0.491 e. The topological polar surface area (TPSA) is 115 Å². The van der Waals surface area contributed by atoms with E-state index >= 15 is 0 Å². The van der Waals surface area contributed by atoms with E-state index < -0.39 is 0 Å². The molecule has 0 aliphatic rings. The van der Waals surface area contributed by atoms with Gasteiger partial charge in [0.25, 0.3) is 0 Å². The molecule has 9 nitrogen and oxygen atoms in total. The van der Waals surface area contributed by atoms with Gasteiger partial charge in [-0.1, -0.05) is 11.3 Å². The summed E-state index contributed by atoms with van der Waals surface area (Å²) in [7, 11) is 1.85. The minimum atomic E-state index is 0.479. The van der Waals surface area contributed by atoms with Crippen molar-refractivity contribution < 1.29 is 9.47 Å². The van der Waals surface area contributed by atoms with Crippen LogP contribution in [0.1, 0.15) is 5.56 Å². The third-order valence-corrected chi connectivity index (χ3v) is 6.08. The number of benzene rings is 1. The largest absolute Gasteiger partial charge is 0.491 e. The average molecular weight is 448 g/mol. The van der Waals surface area contributed by atoms with Gasteiger partial charge in [0.2, 0.25) is 0 Å². The normalized spacial score (nSPS) is 11.4. The summed E-state index contributed by atoms with van der Waals surface area (Å²) in [4.78, 5) is 10.4. The number of nitrogens with two attached hydrogens (primary N) is 1. The molecule has 0 radical (unpaired) electrons. The quantitative estimate of drug-likeness (QED) is 0.351. The lowest BCUT2D eigenvalue weighted by Crippen LogP contribution is -2.13.